The molecule has 0 spiro atoms. The summed E-state index contributed by atoms with van der Waals surface area (Å²) in [5.74, 6) is 0.575. The number of carbonyl (C=O) groups is 2. The van der Waals surface area contributed by atoms with E-state index in [9.17, 15) is 9.59 Å². The molecule has 6 heteroatoms. The molecule has 134 valence electrons. The molecule has 1 aliphatic heterocycles. The number of hydrogen-bond acceptors (Lipinski definition) is 4. The monoisotopic (exact) mass is 328 g/mol. The third-order valence-electron chi connectivity index (χ3n) is 3.41. The Morgan fingerprint density at radius 2 is 1.65 bits per heavy atom. The average Bonchev–Trinajstić information content (AvgIpc) is 2.67. The molecule has 0 aromatic carbocycles. The molecule has 0 saturated carbocycles. The van der Waals surface area contributed by atoms with Crippen molar-refractivity contribution in [3.8, 4) is 0 Å². The van der Waals surface area contributed by atoms with Crippen molar-refractivity contribution in [3.05, 3.63) is 0 Å². The van der Waals surface area contributed by atoms with Crippen LogP contribution in [0.3, 0.4) is 0 Å². The van der Waals surface area contributed by atoms with Gasteiger partial charge in [-0.05, 0) is 33.1 Å². The quantitative estimate of drug-likeness (QED) is 0.728. The molecule has 0 aromatic heterocycles. The van der Waals surface area contributed by atoms with Crippen LogP contribution in [-0.4, -0.2) is 66.8 Å². The van der Waals surface area contributed by atoms with Crippen molar-refractivity contribution in [1.82, 2.24) is 9.80 Å². The second kappa shape index (κ2) is 9.11. The number of ether oxygens (including phenoxy) is 2. The molecule has 1 saturated heterocycles. The Hall–Kier alpha value is -1.30. The van der Waals surface area contributed by atoms with E-state index in [4.69, 9.17) is 9.47 Å². The molecule has 0 aliphatic carbocycles. The van der Waals surface area contributed by atoms with Crippen molar-refractivity contribution in [2.45, 2.75) is 53.1 Å². The standard InChI is InChI=1S/C17H32N2O4/c1-14(2)13-22-12-7-15(20)18-8-6-9-19(11-10-18)16(21)23-17(3,4)5/h14H,6-13H2,1-5H3. The molecule has 0 N–H and O–H groups in total. The summed E-state index contributed by atoms with van der Waals surface area (Å²) in [6.45, 7) is 13.3. The zero-order valence-electron chi connectivity index (χ0n) is 15.3. The lowest BCUT2D eigenvalue weighted by molar-refractivity contribution is -0.132. The topological polar surface area (TPSA) is 59.1 Å². The van der Waals surface area contributed by atoms with Crippen LogP contribution in [0.15, 0.2) is 0 Å². The SMILES string of the molecule is CC(C)COCCC(=O)N1CCCN(C(=O)OC(C)(C)C)CC1. The molecule has 0 aromatic rings. The van der Waals surface area contributed by atoms with E-state index in [1.165, 1.54) is 0 Å². The smallest absolute Gasteiger partial charge is 0.410 e. The minimum atomic E-state index is -0.493. The zero-order chi connectivity index (χ0) is 17.5. The third-order valence-corrected chi connectivity index (χ3v) is 3.41. The van der Waals surface area contributed by atoms with E-state index >= 15 is 0 Å². The van der Waals surface area contributed by atoms with Gasteiger partial charge in [0.2, 0.25) is 5.91 Å². The first-order valence-electron chi connectivity index (χ1n) is 8.52. The van der Waals surface area contributed by atoms with E-state index in [2.05, 4.69) is 13.8 Å². The maximum atomic E-state index is 12.2. The molecule has 0 atom stereocenters. The lowest BCUT2D eigenvalue weighted by Crippen LogP contribution is -2.40. The average molecular weight is 328 g/mol. The van der Waals surface area contributed by atoms with Crippen LogP contribution in [0.4, 0.5) is 4.79 Å². The highest BCUT2D eigenvalue weighted by Gasteiger charge is 2.25. The molecular weight excluding hydrogens is 296 g/mol. The summed E-state index contributed by atoms with van der Waals surface area (Å²) < 4.78 is 10.9. The highest BCUT2D eigenvalue weighted by molar-refractivity contribution is 5.76. The summed E-state index contributed by atoms with van der Waals surface area (Å²) in [5.41, 5.74) is -0.493. The minimum absolute atomic E-state index is 0.0970. The Bertz CT molecular complexity index is 391. The van der Waals surface area contributed by atoms with Gasteiger partial charge in [0.05, 0.1) is 13.0 Å². The Balaban J connectivity index is 2.36. The first-order chi connectivity index (χ1) is 10.7. The van der Waals surface area contributed by atoms with Gasteiger partial charge < -0.3 is 19.3 Å². The van der Waals surface area contributed by atoms with Crippen LogP contribution in [0.25, 0.3) is 0 Å². The second-order valence-corrected chi connectivity index (χ2v) is 7.42. The number of rotatable bonds is 5. The Kier molecular flexibility index (Phi) is 7.82. The molecule has 23 heavy (non-hydrogen) atoms. The molecule has 1 heterocycles. The highest BCUT2D eigenvalue weighted by atomic mass is 16.6. The van der Waals surface area contributed by atoms with Crippen LogP contribution in [0.1, 0.15) is 47.5 Å². The van der Waals surface area contributed by atoms with Crippen LogP contribution in [0.5, 0.6) is 0 Å². The van der Waals surface area contributed by atoms with Gasteiger partial charge in [-0.25, -0.2) is 4.79 Å². The summed E-state index contributed by atoms with van der Waals surface area (Å²) in [7, 11) is 0. The Morgan fingerprint density at radius 3 is 2.26 bits per heavy atom. The number of amides is 2. The van der Waals surface area contributed by atoms with Crippen LogP contribution in [0, 0.1) is 5.92 Å². The number of hydrogen-bond donors (Lipinski definition) is 0. The predicted octanol–water partition coefficient (Wildman–Crippen LogP) is 2.52. The number of nitrogens with zero attached hydrogens (tertiary/aromatic N) is 2. The van der Waals surface area contributed by atoms with E-state index in [1.54, 1.807) is 4.90 Å². The molecule has 0 radical (unpaired) electrons. The molecular formula is C17H32N2O4. The van der Waals surface area contributed by atoms with Gasteiger partial charge in [0.15, 0.2) is 0 Å². The van der Waals surface area contributed by atoms with Crippen molar-refractivity contribution >= 4 is 12.0 Å². The van der Waals surface area contributed by atoms with Crippen LogP contribution in [0.2, 0.25) is 0 Å². The van der Waals surface area contributed by atoms with E-state index in [0.29, 0.717) is 51.7 Å². The summed E-state index contributed by atoms with van der Waals surface area (Å²) in [5, 5.41) is 0. The fourth-order valence-corrected chi connectivity index (χ4v) is 2.31. The lowest BCUT2D eigenvalue weighted by atomic mass is 10.2. The molecule has 0 unspecified atom stereocenters. The summed E-state index contributed by atoms with van der Waals surface area (Å²) >= 11 is 0. The van der Waals surface area contributed by atoms with Gasteiger partial charge in [-0.2, -0.15) is 0 Å². The van der Waals surface area contributed by atoms with E-state index < -0.39 is 5.60 Å². The molecule has 1 fully saturated rings. The molecule has 2 amide bonds. The van der Waals surface area contributed by atoms with Crippen molar-refractivity contribution < 1.29 is 19.1 Å². The van der Waals surface area contributed by atoms with Crippen molar-refractivity contribution in [2.24, 2.45) is 5.92 Å². The van der Waals surface area contributed by atoms with Crippen LogP contribution >= 0.6 is 0 Å². The van der Waals surface area contributed by atoms with E-state index in [0.717, 1.165) is 6.42 Å². The Morgan fingerprint density at radius 1 is 1.04 bits per heavy atom. The van der Waals surface area contributed by atoms with Crippen molar-refractivity contribution in [2.75, 3.05) is 39.4 Å². The van der Waals surface area contributed by atoms with Gasteiger partial charge >= 0.3 is 6.09 Å². The molecule has 0 bridgehead atoms. The van der Waals surface area contributed by atoms with E-state index in [1.807, 2.05) is 25.7 Å². The normalized spacial score (nSPS) is 16.4. The second-order valence-electron chi connectivity index (χ2n) is 7.42. The minimum Gasteiger partial charge on any atom is -0.444 e. The summed E-state index contributed by atoms with van der Waals surface area (Å²) in [6.07, 6.45) is 0.879. The maximum absolute atomic E-state index is 12.2. The summed E-state index contributed by atoms with van der Waals surface area (Å²) in [4.78, 5) is 27.8. The Labute approximate surface area is 140 Å². The van der Waals surface area contributed by atoms with Crippen molar-refractivity contribution in [1.29, 1.82) is 0 Å². The molecule has 1 aliphatic rings. The van der Waals surface area contributed by atoms with Crippen molar-refractivity contribution in [3.63, 3.8) is 0 Å². The van der Waals surface area contributed by atoms with Gasteiger partial charge in [-0.15, -0.1) is 0 Å². The number of carbonyl (C=O) groups excluding carboxylic acids is 2. The van der Waals surface area contributed by atoms with Gasteiger partial charge in [-0.3, -0.25) is 4.79 Å². The van der Waals surface area contributed by atoms with Gasteiger partial charge in [0.25, 0.3) is 0 Å². The van der Waals surface area contributed by atoms with Gasteiger partial charge in [0.1, 0.15) is 5.60 Å². The molecule has 1 rings (SSSR count). The fourth-order valence-electron chi connectivity index (χ4n) is 2.31. The summed E-state index contributed by atoms with van der Waals surface area (Å²) in [6, 6.07) is 0. The predicted molar refractivity (Wildman–Crippen MR) is 89.3 cm³/mol. The van der Waals surface area contributed by atoms with E-state index in [-0.39, 0.29) is 12.0 Å². The first-order valence-corrected chi connectivity index (χ1v) is 8.52. The zero-order valence-corrected chi connectivity index (χ0v) is 15.3. The highest BCUT2D eigenvalue weighted by Crippen LogP contribution is 2.12. The lowest BCUT2D eigenvalue weighted by Gasteiger charge is -2.26. The van der Waals surface area contributed by atoms with Gasteiger partial charge in [-0.1, -0.05) is 13.8 Å². The maximum Gasteiger partial charge on any atom is 0.410 e. The van der Waals surface area contributed by atoms with Gasteiger partial charge in [0, 0.05) is 32.8 Å². The van der Waals surface area contributed by atoms with Crippen LogP contribution in [-0.2, 0) is 14.3 Å². The molecule has 6 nitrogen and oxygen atoms in total. The first kappa shape index (κ1) is 19.7. The largest absolute Gasteiger partial charge is 0.444 e. The fraction of sp³-hybridized carbons (Fsp3) is 0.882. The van der Waals surface area contributed by atoms with Crippen LogP contribution < -0.4 is 0 Å². The third kappa shape index (κ3) is 8.21.